The minimum Gasteiger partial charge on any atom is -0.497 e. The monoisotopic (exact) mass is 315 g/mol. The van der Waals surface area contributed by atoms with Crippen LogP contribution in [0.25, 0.3) is 0 Å². The minimum atomic E-state index is 0.349. The lowest BCUT2D eigenvalue weighted by Gasteiger charge is -2.18. The highest BCUT2D eigenvalue weighted by Gasteiger charge is 2.57. The summed E-state index contributed by atoms with van der Waals surface area (Å²) in [6, 6.07) is 6.05. The van der Waals surface area contributed by atoms with Crippen LogP contribution in [0.4, 0.5) is 0 Å². The molecule has 0 bridgehead atoms. The molecule has 2 aliphatic carbocycles. The number of carbonyl (C=O) groups excluding carboxylic acids is 1. The predicted molar refractivity (Wildman–Crippen MR) is 87.8 cm³/mol. The molecule has 1 aromatic rings. The zero-order valence-corrected chi connectivity index (χ0v) is 14.0. The van der Waals surface area contributed by atoms with E-state index in [0.29, 0.717) is 29.6 Å². The normalized spacial score (nSPS) is 31.8. The number of rotatable bonds is 4. The van der Waals surface area contributed by atoms with E-state index in [1.165, 1.54) is 24.8 Å². The minimum absolute atomic E-state index is 0.349. The standard InChI is InChI=1S/C19H25NO3/c1-22-14-8-13(9-15(10-14)23-2)12-6-7-20(11-12)19(21)18-16-4-3-5-17(16)18/h8-10,12,16-18H,3-7,11H2,1-2H3/t12-,16-,17-/m0/s1. The second kappa shape index (κ2) is 5.73. The summed E-state index contributed by atoms with van der Waals surface area (Å²) in [4.78, 5) is 14.8. The van der Waals surface area contributed by atoms with Crippen molar-refractivity contribution in [2.75, 3.05) is 27.3 Å². The molecule has 1 amide bonds. The van der Waals surface area contributed by atoms with Gasteiger partial charge in [0.25, 0.3) is 0 Å². The molecule has 0 radical (unpaired) electrons. The second-order valence-corrected chi connectivity index (χ2v) is 7.20. The Morgan fingerprint density at radius 3 is 2.30 bits per heavy atom. The van der Waals surface area contributed by atoms with Crippen molar-refractivity contribution in [2.24, 2.45) is 17.8 Å². The van der Waals surface area contributed by atoms with Crippen molar-refractivity contribution >= 4 is 5.91 Å². The Labute approximate surface area is 137 Å². The second-order valence-electron chi connectivity index (χ2n) is 7.20. The van der Waals surface area contributed by atoms with Crippen molar-refractivity contribution in [3.8, 4) is 11.5 Å². The van der Waals surface area contributed by atoms with Crippen LogP contribution in [-0.2, 0) is 4.79 Å². The number of hydrogen-bond donors (Lipinski definition) is 0. The van der Waals surface area contributed by atoms with Gasteiger partial charge in [-0.3, -0.25) is 4.79 Å². The molecular weight excluding hydrogens is 290 g/mol. The molecule has 3 aliphatic rings. The van der Waals surface area contributed by atoms with Gasteiger partial charge in [-0.05, 0) is 48.8 Å². The molecule has 0 unspecified atom stereocenters. The lowest BCUT2D eigenvalue weighted by atomic mass is 9.98. The Morgan fingerprint density at radius 1 is 1.04 bits per heavy atom. The zero-order valence-electron chi connectivity index (χ0n) is 14.0. The molecule has 23 heavy (non-hydrogen) atoms. The molecule has 4 rings (SSSR count). The molecule has 4 heteroatoms. The molecule has 0 N–H and O–H groups in total. The SMILES string of the molecule is COc1cc(OC)cc([C@H]2CCN(C(=O)C3[C@H]4CCC[C@H]34)C2)c1. The molecule has 3 atom stereocenters. The van der Waals surface area contributed by atoms with Crippen molar-refractivity contribution in [3.05, 3.63) is 23.8 Å². The van der Waals surface area contributed by atoms with Gasteiger partial charge in [0, 0.05) is 31.0 Å². The lowest BCUT2D eigenvalue weighted by molar-refractivity contribution is -0.132. The Morgan fingerprint density at radius 2 is 1.70 bits per heavy atom. The molecule has 1 heterocycles. The average molecular weight is 315 g/mol. The molecule has 1 aromatic carbocycles. The highest BCUT2D eigenvalue weighted by Crippen LogP contribution is 2.58. The van der Waals surface area contributed by atoms with Crippen LogP contribution in [0, 0.1) is 17.8 Å². The highest BCUT2D eigenvalue weighted by atomic mass is 16.5. The molecule has 124 valence electrons. The molecule has 1 saturated heterocycles. The molecular formula is C19H25NO3. The molecule has 2 saturated carbocycles. The Kier molecular flexibility index (Phi) is 3.70. The average Bonchev–Trinajstić information content (AvgIpc) is 3.00. The summed E-state index contributed by atoms with van der Waals surface area (Å²) >= 11 is 0. The number of nitrogens with zero attached hydrogens (tertiary/aromatic N) is 1. The van der Waals surface area contributed by atoms with Gasteiger partial charge in [0.1, 0.15) is 11.5 Å². The number of carbonyl (C=O) groups is 1. The summed E-state index contributed by atoms with van der Waals surface area (Å²) in [5.74, 6) is 4.21. The van der Waals surface area contributed by atoms with Gasteiger partial charge in [-0.2, -0.15) is 0 Å². The third kappa shape index (κ3) is 2.58. The first kappa shape index (κ1) is 14.9. The summed E-state index contributed by atoms with van der Waals surface area (Å²) in [5.41, 5.74) is 1.22. The van der Waals surface area contributed by atoms with Gasteiger partial charge in [0.05, 0.1) is 14.2 Å². The fourth-order valence-electron chi connectivity index (χ4n) is 4.70. The maximum atomic E-state index is 12.7. The van der Waals surface area contributed by atoms with Crippen molar-refractivity contribution in [2.45, 2.75) is 31.6 Å². The summed E-state index contributed by atoms with van der Waals surface area (Å²) < 4.78 is 10.7. The van der Waals surface area contributed by atoms with Gasteiger partial charge in [-0.1, -0.05) is 6.42 Å². The number of likely N-dealkylation sites (tertiary alicyclic amines) is 1. The first-order chi connectivity index (χ1) is 11.2. The van der Waals surface area contributed by atoms with Crippen LogP contribution >= 0.6 is 0 Å². The van der Waals surface area contributed by atoms with E-state index < -0.39 is 0 Å². The van der Waals surface area contributed by atoms with E-state index >= 15 is 0 Å². The smallest absolute Gasteiger partial charge is 0.226 e. The van der Waals surface area contributed by atoms with Gasteiger partial charge >= 0.3 is 0 Å². The molecule has 4 nitrogen and oxygen atoms in total. The van der Waals surface area contributed by atoms with Crippen LogP contribution in [0.15, 0.2) is 18.2 Å². The third-order valence-corrected chi connectivity index (χ3v) is 6.04. The van der Waals surface area contributed by atoms with Gasteiger partial charge in [0.15, 0.2) is 0 Å². The molecule has 3 fully saturated rings. The predicted octanol–water partition coefficient (Wildman–Crippen LogP) is 3.07. The maximum absolute atomic E-state index is 12.7. The van der Waals surface area contributed by atoms with Crippen LogP contribution in [0.2, 0.25) is 0 Å². The van der Waals surface area contributed by atoms with Crippen LogP contribution in [-0.4, -0.2) is 38.1 Å². The van der Waals surface area contributed by atoms with Crippen LogP contribution in [0.5, 0.6) is 11.5 Å². The largest absolute Gasteiger partial charge is 0.497 e. The summed E-state index contributed by atoms with van der Waals surface area (Å²) in [5, 5.41) is 0. The molecule has 1 aliphatic heterocycles. The summed E-state index contributed by atoms with van der Waals surface area (Å²) in [6.45, 7) is 1.73. The molecule has 0 aromatic heterocycles. The number of fused-ring (bicyclic) bond motifs is 1. The first-order valence-electron chi connectivity index (χ1n) is 8.73. The third-order valence-electron chi connectivity index (χ3n) is 6.04. The van der Waals surface area contributed by atoms with E-state index in [4.69, 9.17) is 9.47 Å². The van der Waals surface area contributed by atoms with Crippen LogP contribution in [0.1, 0.15) is 37.2 Å². The fraction of sp³-hybridized carbons (Fsp3) is 0.632. The Bertz CT molecular complexity index is 582. The van der Waals surface area contributed by atoms with Crippen LogP contribution < -0.4 is 9.47 Å². The quantitative estimate of drug-likeness (QED) is 0.857. The van der Waals surface area contributed by atoms with Crippen LogP contribution in [0.3, 0.4) is 0 Å². The van der Waals surface area contributed by atoms with Gasteiger partial charge < -0.3 is 14.4 Å². The van der Waals surface area contributed by atoms with Gasteiger partial charge in [-0.15, -0.1) is 0 Å². The number of amides is 1. The zero-order chi connectivity index (χ0) is 16.0. The summed E-state index contributed by atoms with van der Waals surface area (Å²) in [7, 11) is 3.35. The number of benzene rings is 1. The first-order valence-corrected chi connectivity index (χ1v) is 8.73. The van der Waals surface area contributed by atoms with Crippen molar-refractivity contribution in [3.63, 3.8) is 0 Å². The van der Waals surface area contributed by atoms with E-state index in [0.717, 1.165) is 31.0 Å². The van der Waals surface area contributed by atoms with E-state index in [2.05, 4.69) is 17.0 Å². The lowest BCUT2D eigenvalue weighted by Crippen LogP contribution is -2.31. The van der Waals surface area contributed by atoms with Crippen molar-refractivity contribution < 1.29 is 14.3 Å². The summed E-state index contributed by atoms with van der Waals surface area (Å²) in [6.07, 6.45) is 4.90. The topological polar surface area (TPSA) is 38.8 Å². The van der Waals surface area contributed by atoms with Gasteiger partial charge in [0.2, 0.25) is 5.91 Å². The Hall–Kier alpha value is -1.71. The number of hydrogen-bond acceptors (Lipinski definition) is 3. The van der Waals surface area contributed by atoms with E-state index in [1.54, 1.807) is 14.2 Å². The maximum Gasteiger partial charge on any atom is 0.226 e. The fourth-order valence-corrected chi connectivity index (χ4v) is 4.70. The van der Waals surface area contributed by atoms with Crippen molar-refractivity contribution in [1.82, 2.24) is 4.90 Å². The van der Waals surface area contributed by atoms with Gasteiger partial charge in [-0.25, -0.2) is 0 Å². The molecule has 0 spiro atoms. The Balaban J connectivity index is 1.45. The van der Waals surface area contributed by atoms with E-state index in [-0.39, 0.29) is 0 Å². The highest BCUT2D eigenvalue weighted by molar-refractivity contribution is 5.83. The van der Waals surface area contributed by atoms with E-state index in [9.17, 15) is 4.79 Å². The van der Waals surface area contributed by atoms with Crippen molar-refractivity contribution in [1.29, 1.82) is 0 Å². The number of ether oxygens (including phenoxy) is 2. The van der Waals surface area contributed by atoms with E-state index in [1.807, 2.05) is 6.07 Å². The number of methoxy groups -OCH3 is 2.